The van der Waals surface area contributed by atoms with Crippen LogP contribution in [0.3, 0.4) is 0 Å². The minimum atomic E-state index is -3.48. The van der Waals surface area contributed by atoms with Crippen LogP contribution in [0.25, 0.3) is 0 Å². The molecule has 1 N–H and O–H groups in total. The van der Waals surface area contributed by atoms with Crippen LogP contribution in [-0.4, -0.2) is 62.8 Å². The molecule has 170 valence electrons. The fourth-order valence-electron chi connectivity index (χ4n) is 4.43. The van der Waals surface area contributed by atoms with Crippen molar-refractivity contribution in [1.29, 1.82) is 0 Å². The van der Waals surface area contributed by atoms with E-state index < -0.39 is 10.0 Å². The maximum Gasteiger partial charge on any atom is 0.252 e. The first kappa shape index (κ1) is 24.0. The fourth-order valence-corrected chi connectivity index (χ4v) is 7.54. The van der Waals surface area contributed by atoms with E-state index in [2.05, 4.69) is 10.2 Å². The normalized spacial score (nSPS) is 21.3. The molecule has 1 amide bonds. The predicted molar refractivity (Wildman–Crippen MR) is 123 cm³/mol. The van der Waals surface area contributed by atoms with E-state index in [1.165, 1.54) is 43.1 Å². The molecule has 0 saturated carbocycles. The van der Waals surface area contributed by atoms with Crippen molar-refractivity contribution in [3.63, 3.8) is 0 Å². The molecule has 1 atom stereocenters. The molecule has 3 heterocycles. The summed E-state index contributed by atoms with van der Waals surface area (Å²) in [5.74, 6) is 0.218. The number of nitrogens with one attached hydrogen (secondary N) is 1. The van der Waals surface area contributed by atoms with Crippen LogP contribution in [0.15, 0.2) is 16.3 Å². The van der Waals surface area contributed by atoms with Crippen LogP contribution in [0.4, 0.5) is 0 Å². The number of carbonyl (C=O) groups is 1. The van der Waals surface area contributed by atoms with Crippen LogP contribution in [0.1, 0.15) is 51.9 Å². The van der Waals surface area contributed by atoms with Crippen molar-refractivity contribution < 1.29 is 13.2 Å². The van der Waals surface area contributed by atoms with Crippen molar-refractivity contribution >= 4 is 38.9 Å². The van der Waals surface area contributed by atoms with Crippen molar-refractivity contribution in [3.8, 4) is 0 Å². The van der Waals surface area contributed by atoms with Gasteiger partial charge in [0.15, 0.2) is 0 Å². The standard InChI is InChI=1S/C21H34ClN3O3S2/c1-17(21(26)23-11-6-14-24-12-4-2-3-5-13-24)18-9-15-25(16-10-18)30(27,28)20-8-7-19(22)29-20/h7-8,17-18H,2-6,9-16H2,1H3,(H,23,26)/t17-/m1/s1. The second-order valence-electron chi connectivity index (χ2n) is 8.49. The molecule has 2 fully saturated rings. The van der Waals surface area contributed by atoms with Gasteiger partial charge in [-0.05, 0) is 69.8 Å². The van der Waals surface area contributed by atoms with Gasteiger partial charge in [0, 0.05) is 25.6 Å². The number of likely N-dealkylation sites (tertiary alicyclic amines) is 1. The highest BCUT2D eigenvalue weighted by atomic mass is 35.5. The molecular weight excluding hydrogens is 442 g/mol. The highest BCUT2D eigenvalue weighted by Crippen LogP contribution is 2.32. The summed E-state index contributed by atoms with van der Waals surface area (Å²) in [5.41, 5.74) is 0. The van der Waals surface area contributed by atoms with E-state index in [0.29, 0.717) is 41.0 Å². The van der Waals surface area contributed by atoms with E-state index in [1.807, 2.05) is 6.92 Å². The molecule has 1 aromatic heterocycles. The zero-order valence-electron chi connectivity index (χ0n) is 17.8. The number of rotatable bonds is 8. The number of piperidine rings is 1. The molecule has 0 spiro atoms. The average molecular weight is 476 g/mol. The second-order valence-corrected chi connectivity index (χ2v) is 12.4. The van der Waals surface area contributed by atoms with Crippen molar-refractivity contribution in [2.24, 2.45) is 11.8 Å². The van der Waals surface area contributed by atoms with Crippen molar-refractivity contribution in [1.82, 2.24) is 14.5 Å². The van der Waals surface area contributed by atoms with Crippen molar-refractivity contribution in [3.05, 3.63) is 16.5 Å². The number of hydrogen-bond donors (Lipinski definition) is 1. The summed E-state index contributed by atoms with van der Waals surface area (Å²) in [5, 5.41) is 3.09. The quantitative estimate of drug-likeness (QED) is 0.580. The van der Waals surface area contributed by atoms with Gasteiger partial charge in [-0.3, -0.25) is 4.79 Å². The molecular formula is C21H34ClN3O3S2. The summed E-state index contributed by atoms with van der Waals surface area (Å²) in [6.07, 6.45) is 7.66. The number of amides is 1. The molecule has 2 saturated heterocycles. The summed E-state index contributed by atoms with van der Waals surface area (Å²) in [6, 6.07) is 3.18. The number of sulfonamides is 1. The molecule has 1 aromatic rings. The van der Waals surface area contributed by atoms with Gasteiger partial charge in [0.05, 0.1) is 4.34 Å². The van der Waals surface area contributed by atoms with E-state index in [9.17, 15) is 13.2 Å². The van der Waals surface area contributed by atoms with Gasteiger partial charge in [0.2, 0.25) is 5.91 Å². The molecule has 6 nitrogen and oxygen atoms in total. The zero-order chi connectivity index (χ0) is 21.6. The average Bonchev–Trinajstić information content (AvgIpc) is 3.03. The van der Waals surface area contributed by atoms with Gasteiger partial charge in [-0.25, -0.2) is 8.42 Å². The Kier molecular flexibility index (Phi) is 9.01. The van der Waals surface area contributed by atoms with Crippen LogP contribution >= 0.6 is 22.9 Å². The number of nitrogens with zero attached hydrogens (tertiary/aromatic N) is 2. The lowest BCUT2D eigenvalue weighted by Gasteiger charge is -2.33. The Morgan fingerprint density at radius 3 is 2.43 bits per heavy atom. The Hall–Kier alpha value is -0.670. The topological polar surface area (TPSA) is 69.7 Å². The maximum absolute atomic E-state index is 12.7. The Labute approximate surface area is 190 Å². The van der Waals surface area contributed by atoms with Gasteiger partial charge in [-0.2, -0.15) is 4.31 Å². The van der Waals surface area contributed by atoms with Crippen molar-refractivity contribution in [2.45, 2.75) is 56.1 Å². The Morgan fingerprint density at radius 1 is 1.17 bits per heavy atom. The molecule has 30 heavy (non-hydrogen) atoms. The SMILES string of the molecule is C[C@@H](C(=O)NCCCN1CCCCCC1)C1CCN(S(=O)(=O)c2ccc(Cl)s2)CC1. The van der Waals surface area contributed by atoms with E-state index in [0.717, 1.165) is 24.3 Å². The predicted octanol–water partition coefficient (Wildman–Crippen LogP) is 3.82. The van der Waals surface area contributed by atoms with E-state index in [4.69, 9.17) is 11.6 Å². The number of carbonyl (C=O) groups excluding carboxylic acids is 1. The smallest absolute Gasteiger partial charge is 0.252 e. The molecule has 2 aliphatic rings. The van der Waals surface area contributed by atoms with E-state index >= 15 is 0 Å². The molecule has 0 aromatic carbocycles. The first-order valence-corrected chi connectivity index (χ1v) is 13.8. The van der Waals surface area contributed by atoms with E-state index in [-0.39, 0.29) is 17.7 Å². The lowest BCUT2D eigenvalue weighted by Crippen LogP contribution is -2.42. The van der Waals surface area contributed by atoms with Crippen LogP contribution in [0, 0.1) is 11.8 Å². The zero-order valence-corrected chi connectivity index (χ0v) is 20.2. The van der Waals surface area contributed by atoms with Crippen LogP contribution in [-0.2, 0) is 14.8 Å². The van der Waals surface area contributed by atoms with Gasteiger partial charge in [0.1, 0.15) is 4.21 Å². The van der Waals surface area contributed by atoms with Crippen molar-refractivity contribution in [2.75, 3.05) is 39.3 Å². The summed E-state index contributed by atoms with van der Waals surface area (Å²) >= 11 is 6.99. The van der Waals surface area contributed by atoms with Crippen LogP contribution in [0.2, 0.25) is 4.34 Å². The third kappa shape index (κ3) is 6.42. The number of hydrogen-bond acceptors (Lipinski definition) is 5. The van der Waals surface area contributed by atoms with Gasteiger partial charge < -0.3 is 10.2 Å². The molecule has 2 aliphatic heterocycles. The summed E-state index contributed by atoms with van der Waals surface area (Å²) in [4.78, 5) is 15.1. The number of thiophene rings is 1. The molecule has 0 unspecified atom stereocenters. The molecule has 9 heteroatoms. The highest BCUT2D eigenvalue weighted by Gasteiger charge is 2.34. The Balaban J connectivity index is 1.39. The van der Waals surface area contributed by atoms with Gasteiger partial charge in [0.25, 0.3) is 10.0 Å². The molecule has 0 radical (unpaired) electrons. The minimum Gasteiger partial charge on any atom is -0.356 e. The van der Waals surface area contributed by atoms with E-state index in [1.54, 1.807) is 12.1 Å². The largest absolute Gasteiger partial charge is 0.356 e. The molecule has 0 aliphatic carbocycles. The first-order chi connectivity index (χ1) is 14.4. The molecule has 3 rings (SSSR count). The third-order valence-corrected chi connectivity index (χ3v) is 10.0. The minimum absolute atomic E-state index is 0.0933. The van der Waals surface area contributed by atoms with Gasteiger partial charge in [-0.1, -0.05) is 31.4 Å². The molecule has 0 bridgehead atoms. The van der Waals surface area contributed by atoms with Gasteiger partial charge >= 0.3 is 0 Å². The monoisotopic (exact) mass is 475 g/mol. The highest BCUT2D eigenvalue weighted by molar-refractivity contribution is 7.91. The summed E-state index contributed by atoms with van der Waals surface area (Å²) < 4.78 is 27.8. The van der Waals surface area contributed by atoms with Crippen LogP contribution < -0.4 is 5.32 Å². The van der Waals surface area contributed by atoms with Gasteiger partial charge in [-0.15, -0.1) is 11.3 Å². The lowest BCUT2D eigenvalue weighted by atomic mass is 9.85. The van der Waals surface area contributed by atoms with Crippen LogP contribution in [0.5, 0.6) is 0 Å². The Morgan fingerprint density at radius 2 is 1.83 bits per heavy atom. The lowest BCUT2D eigenvalue weighted by molar-refractivity contribution is -0.126. The third-order valence-electron chi connectivity index (χ3n) is 6.41. The second kappa shape index (κ2) is 11.3. The fraction of sp³-hybridized carbons (Fsp3) is 0.762. The Bertz CT molecular complexity index is 783. The number of halogens is 1. The summed E-state index contributed by atoms with van der Waals surface area (Å²) in [7, 11) is -3.48. The maximum atomic E-state index is 12.7. The first-order valence-electron chi connectivity index (χ1n) is 11.1. The summed E-state index contributed by atoms with van der Waals surface area (Å²) in [6.45, 7) is 7.01.